The molecule has 0 radical (unpaired) electrons. The molecule has 7 nitrogen and oxygen atoms in total. The third-order valence-corrected chi connectivity index (χ3v) is 7.34. The predicted octanol–water partition coefficient (Wildman–Crippen LogP) is 6.16. The first kappa shape index (κ1) is 23.5. The van der Waals surface area contributed by atoms with Crippen molar-refractivity contribution in [2.45, 2.75) is 12.8 Å². The van der Waals surface area contributed by atoms with Crippen LogP contribution in [-0.4, -0.2) is 28.9 Å². The van der Waals surface area contributed by atoms with Crippen LogP contribution < -0.4 is 9.91 Å². The smallest absolute Gasteiger partial charge is 0.274 e. The van der Waals surface area contributed by atoms with Gasteiger partial charge in [0.2, 0.25) is 16.9 Å². The zero-order chi connectivity index (χ0) is 24.5. The highest BCUT2D eigenvalue weighted by Gasteiger charge is 2.30. The van der Waals surface area contributed by atoms with Crippen molar-refractivity contribution < 1.29 is 14.4 Å². The van der Waals surface area contributed by atoms with Crippen molar-refractivity contribution in [2.24, 2.45) is 5.10 Å². The first-order valence-corrected chi connectivity index (χ1v) is 13.0. The number of carbonyl (C=O) groups excluding carboxylic acids is 3. The van der Waals surface area contributed by atoms with Crippen LogP contribution in [0.3, 0.4) is 0 Å². The average molecular weight is 612 g/mol. The fraction of sp³-hybridized carbons (Fsp3) is 0.0800. The summed E-state index contributed by atoms with van der Waals surface area (Å²) in [4.78, 5) is 43.4. The van der Waals surface area contributed by atoms with E-state index in [1.54, 1.807) is 30.5 Å². The first-order chi connectivity index (χ1) is 16.9. The van der Waals surface area contributed by atoms with Crippen LogP contribution in [0.15, 0.2) is 80.8 Å². The number of rotatable bonds is 5. The lowest BCUT2D eigenvalue weighted by Gasteiger charge is -2.16. The van der Waals surface area contributed by atoms with Crippen molar-refractivity contribution in [1.29, 1.82) is 0 Å². The summed E-state index contributed by atoms with van der Waals surface area (Å²) in [5.74, 6) is -0.868. The Bertz CT molecular complexity index is 1470. The molecule has 2 heterocycles. The summed E-state index contributed by atoms with van der Waals surface area (Å²) in [5, 5.41) is 6.16. The Morgan fingerprint density at radius 2 is 1.60 bits per heavy atom. The van der Waals surface area contributed by atoms with E-state index in [2.05, 4.69) is 41.9 Å². The molecule has 0 atom stereocenters. The van der Waals surface area contributed by atoms with Crippen molar-refractivity contribution in [3.8, 4) is 0 Å². The van der Waals surface area contributed by atoms with E-state index < -0.39 is 0 Å². The summed E-state index contributed by atoms with van der Waals surface area (Å²) >= 11 is 8.23. The third kappa shape index (κ3) is 4.95. The van der Waals surface area contributed by atoms with Gasteiger partial charge in [-0.05, 0) is 60.2 Å². The molecular weight excluding hydrogens is 596 g/mol. The van der Waals surface area contributed by atoms with Gasteiger partial charge in [0, 0.05) is 27.4 Å². The van der Waals surface area contributed by atoms with Crippen LogP contribution in [0.5, 0.6) is 0 Å². The van der Waals surface area contributed by atoms with E-state index in [4.69, 9.17) is 0 Å². The number of aromatic nitrogens is 1. The standard InChI is InChI=1S/C25H16Br2N4O3S/c26-17-5-1-15(2-6-17)14-28-31(25-29-20-10-7-18(27)13-21(20)35-25)24(34)16-3-8-19(9-4-16)30-22(32)11-12-23(30)33/h1-10,13-14H,11-12H2/b28-14+. The molecule has 0 N–H and O–H groups in total. The summed E-state index contributed by atoms with van der Waals surface area (Å²) in [6, 6.07) is 19.6. The van der Waals surface area contributed by atoms with Gasteiger partial charge in [-0.3, -0.25) is 19.3 Å². The van der Waals surface area contributed by atoms with Gasteiger partial charge in [0.25, 0.3) is 5.91 Å². The summed E-state index contributed by atoms with van der Waals surface area (Å²) in [7, 11) is 0. The molecule has 5 rings (SSSR count). The Morgan fingerprint density at radius 1 is 0.943 bits per heavy atom. The quantitative estimate of drug-likeness (QED) is 0.154. The van der Waals surface area contributed by atoms with E-state index >= 15 is 0 Å². The van der Waals surface area contributed by atoms with Crippen molar-refractivity contribution in [2.75, 3.05) is 9.91 Å². The SMILES string of the molecule is O=C(c1ccc(N2C(=O)CCC2=O)cc1)N(/N=C/c1ccc(Br)cc1)c1nc2ccc(Br)cc2s1. The zero-order valence-electron chi connectivity index (χ0n) is 18.0. The van der Waals surface area contributed by atoms with Crippen LogP contribution in [0.25, 0.3) is 10.2 Å². The van der Waals surface area contributed by atoms with Crippen molar-refractivity contribution >= 4 is 88.2 Å². The monoisotopic (exact) mass is 610 g/mol. The third-order valence-electron chi connectivity index (χ3n) is 5.33. The normalized spacial score (nSPS) is 13.8. The number of hydrogen-bond acceptors (Lipinski definition) is 6. The minimum atomic E-state index is -0.387. The van der Waals surface area contributed by atoms with E-state index in [0.29, 0.717) is 16.4 Å². The Kier molecular flexibility index (Phi) is 6.59. The number of amides is 3. The molecule has 1 aliphatic heterocycles. The highest BCUT2D eigenvalue weighted by atomic mass is 79.9. The zero-order valence-corrected chi connectivity index (χ0v) is 22.0. The number of carbonyl (C=O) groups is 3. The van der Waals surface area contributed by atoms with Crippen molar-refractivity contribution in [3.63, 3.8) is 0 Å². The second-order valence-electron chi connectivity index (χ2n) is 7.69. The highest BCUT2D eigenvalue weighted by molar-refractivity contribution is 9.10. The number of benzene rings is 3. The van der Waals surface area contributed by atoms with Crippen molar-refractivity contribution in [1.82, 2.24) is 4.98 Å². The van der Waals surface area contributed by atoms with Gasteiger partial charge in [-0.2, -0.15) is 10.1 Å². The summed E-state index contributed by atoms with van der Waals surface area (Å²) in [6.07, 6.45) is 2.00. The maximum absolute atomic E-state index is 13.5. The van der Waals surface area contributed by atoms with Gasteiger partial charge in [0.15, 0.2) is 0 Å². The molecule has 0 saturated carbocycles. The number of halogens is 2. The minimum Gasteiger partial charge on any atom is -0.274 e. The fourth-order valence-electron chi connectivity index (χ4n) is 3.58. The summed E-state index contributed by atoms with van der Waals surface area (Å²) < 4.78 is 2.76. The summed E-state index contributed by atoms with van der Waals surface area (Å²) in [5.41, 5.74) is 2.37. The maximum atomic E-state index is 13.5. The molecule has 3 aromatic carbocycles. The van der Waals surface area contributed by atoms with E-state index in [-0.39, 0.29) is 30.6 Å². The molecule has 35 heavy (non-hydrogen) atoms. The van der Waals surface area contributed by atoms with Crippen LogP contribution in [0, 0.1) is 0 Å². The number of imide groups is 1. The van der Waals surface area contributed by atoms with Crippen LogP contribution >= 0.6 is 43.2 Å². The number of anilines is 2. The van der Waals surface area contributed by atoms with Crippen LogP contribution in [0.2, 0.25) is 0 Å². The second kappa shape index (κ2) is 9.80. The number of fused-ring (bicyclic) bond motifs is 1. The molecule has 4 aromatic rings. The molecule has 1 saturated heterocycles. The average Bonchev–Trinajstić information content (AvgIpc) is 3.42. The van der Waals surface area contributed by atoms with Gasteiger partial charge in [-0.15, -0.1) is 0 Å². The lowest BCUT2D eigenvalue weighted by atomic mass is 10.2. The number of nitrogens with zero attached hydrogens (tertiary/aromatic N) is 4. The fourth-order valence-corrected chi connectivity index (χ4v) is 5.32. The Balaban J connectivity index is 1.50. The van der Waals surface area contributed by atoms with Gasteiger partial charge in [-0.1, -0.05) is 55.3 Å². The van der Waals surface area contributed by atoms with Gasteiger partial charge in [0.05, 0.1) is 22.1 Å². The molecule has 174 valence electrons. The highest BCUT2D eigenvalue weighted by Crippen LogP contribution is 2.32. The van der Waals surface area contributed by atoms with Gasteiger partial charge < -0.3 is 0 Å². The number of hydrazone groups is 1. The lowest BCUT2D eigenvalue weighted by Crippen LogP contribution is -2.29. The molecule has 1 fully saturated rings. The number of hydrogen-bond donors (Lipinski definition) is 0. The molecule has 0 unspecified atom stereocenters. The lowest BCUT2D eigenvalue weighted by molar-refractivity contribution is -0.121. The van der Waals surface area contributed by atoms with Gasteiger partial charge in [0.1, 0.15) is 0 Å². The Morgan fingerprint density at radius 3 is 2.29 bits per heavy atom. The molecule has 10 heteroatoms. The maximum Gasteiger partial charge on any atom is 0.280 e. The van der Waals surface area contributed by atoms with Crippen LogP contribution in [0.1, 0.15) is 28.8 Å². The minimum absolute atomic E-state index is 0.200. The van der Waals surface area contributed by atoms with Crippen molar-refractivity contribution in [3.05, 3.63) is 86.8 Å². The Hall–Kier alpha value is -3.21. The molecule has 1 aliphatic rings. The van der Waals surface area contributed by atoms with Gasteiger partial charge >= 0.3 is 0 Å². The molecular formula is C25H16Br2N4O3S. The van der Waals surface area contributed by atoms with E-state index in [1.807, 2.05) is 42.5 Å². The van der Waals surface area contributed by atoms with Crippen LogP contribution in [0.4, 0.5) is 10.8 Å². The molecule has 1 aromatic heterocycles. The van der Waals surface area contributed by atoms with E-state index in [0.717, 1.165) is 29.6 Å². The molecule has 0 bridgehead atoms. The van der Waals surface area contributed by atoms with Crippen LogP contribution in [-0.2, 0) is 9.59 Å². The van der Waals surface area contributed by atoms with E-state index in [1.165, 1.54) is 16.3 Å². The number of thiazole rings is 1. The molecule has 0 spiro atoms. The van der Waals surface area contributed by atoms with E-state index in [9.17, 15) is 14.4 Å². The molecule has 3 amide bonds. The largest absolute Gasteiger partial charge is 0.280 e. The molecule has 0 aliphatic carbocycles. The van der Waals surface area contributed by atoms with Gasteiger partial charge in [-0.25, -0.2) is 4.98 Å². The predicted molar refractivity (Wildman–Crippen MR) is 144 cm³/mol. The topological polar surface area (TPSA) is 82.9 Å². The summed E-state index contributed by atoms with van der Waals surface area (Å²) in [6.45, 7) is 0. The first-order valence-electron chi connectivity index (χ1n) is 10.5. The second-order valence-corrected chi connectivity index (χ2v) is 10.5. The Labute approximate surface area is 221 Å².